The largest absolute Gasteiger partial charge is 0.295 e. The van der Waals surface area contributed by atoms with Crippen LogP contribution in [0.5, 0.6) is 0 Å². The fourth-order valence-corrected chi connectivity index (χ4v) is 4.03. The molecule has 9 heteroatoms. The van der Waals surface area contributed by atoms with Gasteiger partial charge in [-0.15, -0.1) is 0 Å². The van der Waals surface area contributed by atoms with Crippen LogP contribution in [0.15, 0.2) is 53.4 Å². The van der Waals surface area contributed by atoms with E-state index in [2.05, 4.69) is 9.44 Å². The molecule has 0 aliphatic heterocycles. The van der Waals surface area contributed by atoms with Crippen LogP contribution >= 0.6 is 0 Å². The van der Waals surface area contributed by atoms with Gasteiger partial charge in [0, 0.05) is 12.1 Å². The highest BCUT2D eigenvalue weighted by molar-refractivity contribution is 7.89. The zero-order valence-electron chi connectivity index (χ0n) is 14.4. The summed E-state index contributed by atoms with van der Waals surface area (Å²) in [4.78, 5) is 11.3. The van der Waals surface area contributed by atoms with E-state index < -0.39 is 20.0 Å². The lowest BCUT2D eigenvalue weighted by Gasteiger charge is -2.09. The zero-order chi connectivity index (χ0) is 19.4. The van der Waals surface area contributed by atoms with Crippen LogP contribution in [0, 0.1) is 0 Å². The topological polar surface area (TPSA) is 109 Å². The predicted molar refractivity (Wildman–Crippen MR) is 98.6 cm³/mol. The van der Waals surface area contributed by atoms with Gasteiger partial charge in [0.1, 0.15) is 0 Å². The maximum atomic E-state index is 12.3. The SMILES string of the molecule is CNS(=O)(=O)Cc1cccc(CNS(=O)(=O)c2ccc(C(C)=O)cc2)c1. The molecule has 0 aromatic heterocycles. The minimum absolute atomic E-state index is 0.0181. The van der Waals surface area contributed by atoms with Crippen molar-refractivity contribution in [2.75, 3.05) is 7.05 Å². The van der Waals surface area contributed by atoms with Gasteiger partial charge in [0.25, 0.3) is 0 Å². The van der Waals surface area contributed by atoms with Crippen LogP contribution in [-0.4, -0.2) is 29.7 Å². The van der Waals surface area contributed by atoms with Crippen molar-refractivity contribution in [1.29, 1.82) is 0 Å². The molecule has 0 heterocycles. The Balaban J connectivity index is 2.11. The lowest BCUT2D eigenvalue weighted by molar-refractivity contribution is 0.101. The number of sulfonamides is 2. The third-order valence-electron chi connectivity index (χ3n) is 3.70. The number of hydrogen-bond donors (Lipinski definition) is 2. The van der Waals surface area contributed by atoms with Crippen LogP contribution in [0.4, 0.5) is 0 Å². The third kappa shape index (κ3) is 5.46. The summed E-state index contributed by atoms with van der Waals surface area (Å²) in [6, 6.07) is 12.3. The normalized spacial score (nSPS) is 12.1. The van der Waals surface area contributed by atoms with Gasteiger partial charge in [0.2, 0.25) is 20.0 Å². The number of Topliss-reactive ketones (excluding diaryl/α,β-unsaturated/α-hetero) is 1. The number of carbonyl (C=O) groups is 1. The predicted octanol–water partition coefficient (Wildman–Crippen LogP) is 1.42. The van der Waals surface area contributed by atoms with Gasteiger partial charge in [0.15, 0.2) is 5.78 Å². The van der Waals surface area contributed by atoms with Crippen molar-refractivity contribution in [3.8, 4) is 0 Å². The Morgan fingerprint density at radius 3 is 2.15 bits per heavy atom. The molecule has 0 fully saturated rings. The molecule has 2 aromatic rings. The molecule has 0 saturated carbocycles. The summed E-state index contributed by atoms with van der Waals surface area (Å²) in [5.41, 5.74) is 1.63. The van der Waals surface area contributed by atoms with Crippen molar-refractivity contribution in [3.05, 3.63) is 65.2 Å². The first-order valence-electron chi connectivity index (χ1n) is 7.73. The average molecular weight is 396 g/mol. The molecule has 0 atom stereocenters. The molecule has 0 bridgehead atoms. The summed E-state index contributed by atoms with van der Waals surface area (Å²) in [6.45, 7) is 1.42. The molecule has 0 aliphatic rings. The highest BCUT2D eigenvalue weighted by atomic mass is 32.2. The van der Waals surface area contributed by atoms with Gasteiger partial charge in [-0.3, -0.25) is 4.79 Å². The molecule has 7 nitrogen and oxygen atoms in total. The van der Waals surface area contributed by atoms with Crippen LogP contribution in [0.3, 0.4) is 0 Å². The van der Waals surface area contributed by atoms with Crippen LogP contribution < -0.4 is 9.44 Å². The lowest BCUT2D eigenvalue weighted by Crippen LogP contribution is -2.23. The van der Waals surface area contributed by atoms with E-state index in [4.69, 9.17) is 0 Å². The van der Waals surface area contributed by atoms with Crippen molar-refractivity contribution in [3.63, 3.8) is 0 Å². The highest BCUT2D eigenvalue weighted by Crippen LogP contribution is 2.13. The first-order chi connectivity index (χ1) is 12.1. The van der Waals surface area contributed by atoms with Gasteiger partial charge in [-0.1, -0.05) is 36.4 Å². The monoisotopic (exact) mass is 396 g/mol. The van der Waals surface area contributed by atoms with Crippen molar-refractivity contribution < 1.29 is 21.6 Å². The Morgan fingerprint density at radius 2 is 1.58 bits per heavy atom. The Morgan fingerprint density at radius 1 is 0.962 bits per heavy atom. The number of ketones is 1. The van der Waals surface area contributed by atoms with Crippen LogP contribution in [0.1, 0.15) is 28.4 Å². The molecule has 0 saturated heterocycles. The van der Waals surface area contributed by atoms with E-state index >= 15 is 0 Å². The van der Waals surface area contributed by atoms with E-state index in [0.29, 0.717) is 16.7 Å². The summed E-state index contributed by atoms with van der Waals surface area (Å²) in [6.07, 6.45) is 0. The van der Waals surface area contributed by atoms with Gasteiger partial charge in [-0.05, 0) is 37.2 Å². The van der Waals surface area contributed by atoms with Crippen LogP contribution in [-0.2, 0) is 32.3 Å². The zero-order valence-corrected chi connectivity index (χ0v) is 16.0. The second-order valence-corrected chi connectivity index (χ2v) is 9.38. The molecule has 0 unspecified atom stereocenters. The van der Waals surface area contributed by atoms with E-state index in [1.807, 2.05) is 0 Å². The van der Waals surface area contributed by atoms with Gasteiger partial charge in [-0.2, -0.15) is 0 Å². The van der Waals surface area contributed by atoms with Crippen molar-refractivity contribution in [2.24, 2.45) is 0 Å². The average Bonchev–Trinajstić information content (AvgIpc) is 2.60. The molecule has 26 heavy (non-hydrogen) atoms. The second kappa shape index (κ2) is 8.09. The summed E-state index contributed by atoms with van der Waals surface area (Å²) in [7, 11) is -5.81. The standard InChI is InChI=1S/C17H20N2O5S2/c1-13(20)16-6-8-17(9-7-16)26(23,24)19-11-14-4-3-5-15(10-14)12-25(21,22)18-2/h3-10,18-19H,11-12H2,1-2H3. The Hall–Kier alpha value is -2.07. The summed E-state index contributed by atoms with van der Waals surface area (Å²) >= 11 is 0. The highest BCUT2D eigenvalue weighted by Gasteiger charge is 2.15. The fourth-order valence-electron chi connectivity index (χ4n) is 2.25. The Kier molecular flexibility index (Phi) is 6.30. The fraction of sp³-hybridized carbons (Fsp3) is 0.235. The number of carbonyl (C=O) groups excluding carboxylic acids is 1. The van der Waals surface area contributed by atoms with Gasteiger partial charge < -0.3 is 0 Å². The summed E-state index contributed by atoms with van der Waals surface area (Å²) in [5.74, 6) is -0.327. The number of benzene rings is 2. The molecule has 0 aliphatic carbocycles. The maximum Gasteiger partial charge on any atom is 0.240 e. The van der Waals surface area contributed by atoms with Crippen molar-refractivity contribution in [1.82, 2.24) is 9.44 Å². The first kappa shape index (κ1) is 20.2. The maximum absolute atomic E-state index is 12.3. The van der Waals surface area contributed by atoms with E-state index in [9.17, 15) is 21.6 Å². The summed E-state index contributed by atoms with van der Waals surface area (Å²) in [5, 5.41) is 0. The molecule has 140 valence electrons. The number of hydrogen-bond acceptors (Lipinski definition) is 5. The van der Waals surface area contributed by atoms with E-state index in [1.54, 1.807) is 24.3 Å². The quantitative estimate of drug-likeness (QED) is 0.656. The molecular weight excluding hydrogens is 376 g/mol. The minimum atomic E-state index is -3.75. The minimum Gasteiger partial charge on any atom is -0.295 e. The molecule has 0 amide bonds. The van der Waals surface area contributed by atoms with Gasteiger partial charge >= 0.3 is 0 Å². The van der Waals surface area contributed by atoms with Crippen LogP contribution in [0.2, 0.25) is 0 Å². The summed E-state index contributed by atoms with van der Waals surface area (Å²) < 4.78 is 52.6. The smallest absolute Gasteiger partial charge is 0.240 e. The molecule has 2 rings (SSSR count). The van der Waals surface area contributed by atoms with E-state index in [0.717, 1.165) is 0 Å². The van der Waals surface area contributed by atoms with Crippen molar-refractivity contribution in [2.45, 2.75) is 24.1 Å². The molecule has 2 aromatic carbocycles. The molecule has 0 radical (unpaired) electrons. The van der Waals surface area contributed by atoms with E-state index in [-0.39, 0.29) is 23.0 Å². The third-order valence-corrected chi connectivity index (χ3v) is 6.45. The molecule has 2 N–H and O–H groups in total. The lowest BCUT2D eigenvalue weighted by atomic mass is 10.1. The second-order valence-electron chi connectivity index (χ2n) is 5.69. The van der Waals surface area contributed by atoms with Crippen LogP contribution in [0.25, 0.3) is 0 Å². The van der Waals surface area contributed by atoms with Gasteiger partial charge in [-0.25, -0.2) is 26.3 Å². The first-order valence-corrected chi connectivity index (χ1v) is 10.9. The van der Waals surface area contributed by atoms with Gasteiger partial charge in [0.05, 0.1) is 10.6 Å². The Labute approximate surface area is 153 Å². The van der Waals surface area contributed by atoms with E-state index in [1.165, 1.54) is 38.2 Å². The molecular formula is C17H20N2O5S2. The number of nitrogens with one attached hydrogen (secondary N) is 2. The molecule has 0 spiro atoms. The number of rotatable bonds is 8. The Bertz CT molecular complexity index is 998. The van der Waals surface area contributed by atoms with Crippen molar-refractivity contribution >= 4 is 25.8 Å².